The summed E-state index contributed by atoms with van der Waals surface area (Å²) in [5, 5.41) is 5.62. The van der Waals surface area contributed by atoms with E-state index >= 15 is 0 Å². The third-order valence-corrected chi connectivity index (χ3v) is 3.56. The number of carbonyl (C=O) groups excluding carboxylic acids is 2. The number of ether oxygens (including phenoxy) is 2. The fraction of sp³-hybridized carbons (Fsp3) is 0.350. The van der Waals surface area contributed by atoms with Gasteiger partial charge in [0.25, 0.3) is 5.91 Å². The summed E-state index contributed by atoms with van der Waals surface area (Å²) in [5.41, 5.74) is 0.499. The van der Waals surface area contributed by atoms with Crippen LogP contribution in [-0.2, 0) is 11.3 Å². The van der Waals surface area contributed by atoms with Crippen molar-refractivity contribution in [3.05, 3.63) is 58.9 Å². The molecule has 1 aromatic carbocycles. The Bertz CT molecular complexity index is 807. The summed E-state index contributed by atoms with van der Waals surface area (Å²) in [6, 6.07) is 11.1. The number of carbonyl (C=O) groups is 2. The van der Waals surface area contributed by atoms with Crippen LogP contribution in [0, 0.1) is 0 Å². The quantitative estimate of drug-likeness (QED) is 0.687. The van der Waals surface area contributed by atoms with Crippen molar-refractivity contribution in [2.45, 2.75) is 33.0 Å². The zero-order valence-corrected chi connectivity index (χ0v) is 16.9. The number of rotatable bonds is 7. The van der Waals surface area contributed by atoms with Gasteiger partial charge in [-0.2, -0.15) is 0 Å². The second kappa shape index (κ2) is 9.94. The molecule has 0 unspecified atom stereocenters. The first-order valence-electron chi connectivity index (χ1n) is 8.82. The first kappa shape index (κ1) is 21.5. The molecule has 0 saturated heterocycles. The van der Waals surface area contributed by atoms with E-state index in [2.05, 4.69) is 15.6 Å². The molecular weight excluding hydrogens is 382 g/mol. The molecule has 0 bridgehead atoms. The second-order valence-electron chi connectivity index (χ2n) is 6.96. The van der Waals surface area contributed by atoms with Gasteiger partial charge in [0, 0.05) is 25.4 Å². The van der Waals surface area contributed by atoms with Gasteiger partial charge in [0.1, 0.15) is 12.2 Å². The third kappa shape index (κ3) is 7.44. The van der Waals surface area contributed by atoms with Crippen LogP contribution in [0.1, 0.15) is 36.8 Å². The molecule has 0 saturated carbocycles. The zero-order valence-electron chi connectivity index (χ0n) is 16.1. The summed E-state index contributed by atoms with van der Waals surface area (Å²) in [7, 11) is 0. The summed E-state index contributed by atoms with van der Waals surface area (Å²) in [4.78, 5) is 28.1. The van der Waals surface area contributed by atoms with E-state index in [9.17, 15) is 9.59 Å². The van der Waals surface area contributed by atoms with E-state index in [4.69, 9.17) is 21.1 Å². The standard InChI is InChI=1S/C20H24ClN3O4/c1-20(2,3)28-19(26)23-10-9-22-18(25)17-16(11-15(21)12-24-17)27-13-14-7-5-4-6-8-14/h4-8,11-12H,9-10,13H2,1-3H3,(H,22,25)(H,23,26). The topological polar surface area (TPSA) is 89.6 Å². The maximum Gasteiger partial charge on any atom is 0.407 e. The molecule has 0 spiro atoms. The molecule has 150 valence electrons. The number of hydrogen-bond acceptors (Lipinski definition) is 5. The number of hydrogen-bond donors (Lipinski definition) is 2. The van der Waals surface area contributed by atoms with E-state index in [1.165, 1.54) is 6.20 Å². The van der Waals surface area contributed by atoms with E-state index in [1.807, 2.05) is 30.3 Å². The van der Waals surface area contributed by atoms with Gasteiger partial charge in [-0.1, -0.05) is 41.9 Å². The smallest absolute Gasteiger partial charge is 0.407 e. The number of benzene rings is 1. The molecule has 0 aliphatic heterocycles. The summed E-state index contributed by atoms with van der Waals surface area (Å²) < 4.78 is 10.9. The first-order valence-corrected chi connectivity index (χ1v) is 9.20. The first-order chi connectivity index (χ1) is 13.2. The Labute approximate surface area is 169 Å². The lowest BCUT2D eigenvalue weighted by Gasteiger charge is -2.19. The van der Waals surface area contributed by atoms with Crippen molar-refractivity contribution in [1.82, 2.24) is 15.6 Å². The maximum atomic E-state index is 12.4. The summed E-state index contributed by atoms with van der Waals surface area (Å²) in [6.45, 7) is 6.03. The Morgan fingerprint density at radius 2 is 1.79 bits per heavy atom. The lowest BCUT2D eigenvalue weighted by Crippen LogP contribution is -2.38. The van der Waals surface area contributed by atoms with Crippen LogP contribution in [0.3, 0.4) is 0 Å². The zero-order chi connectivity index (χ0) is 20.6. The van der Waals surface area contributed by atoms with Crippen LogP contribution in [0.5, 0.6) is 5.75 Å². The van der Waals surface area contributed by atoms with Crippen molar-refractivity contribution in [3.63, 3.8) is 0 Å². The fourth-order valence-electron chi connectivity index (χ4n) is 2.18. The van der Waals surface area contributed by atoms with E-state index in [-0.39, 0.29) is 31.1 Å². The van der Waals surface area contributed by atoms with E-state index in [1.54, 1.807) is 26.8 Å². The minimum absolute atomic E-state index is 0.123. The summed E-state index contributed by atoms with van der Waals surface area (Å²) in [6.07, 6.45) is 0.836. The number of halogens is 1. The highest BCUT2D eigenvalue weighted by Gasteiger charge is 2.17. The lowest BCUT2D eigenvalue weighted by molar-refractivity contribution is 0.0526. The van der Waals surface area contributed by atoms with Crippen molar-refractivity contribution in [2.24, 2.45) is 0 Å². The van der Waals surface area contributed by atoms with Crippen LogP contribution >= 0.6 is 11.6 Å². The van der Waals surface area contributed by atoms with Gasteiger partial charge in [-0.3, -0.25) is 4.79 Å². The Balaban J connectivity index is 1.89. The summed E-state index contributed by atoms with van der Waals surface area (Å²) in [5.74, 6) is -0.139. The molecule has 7 nitrogen and oxygen atoms in total. The highest BCUT2D eigenvalue weighted by atomic mass is 35.5. The van der Waals surface area contributed by atoms with Crippen LogP contribution in [0.2, 0.25) is 5.02 Å². The minimum Gasteiger partial charge on any atom is -0.486 e. The van der Waals surface area contributed by atoms with E-state index in [0.717, 1.165) is 5.56 Å². The van der Waals surface area contributed by atoms with Crippen LogP contribution in [-0.4, -0.2) is 35.7 Å². The number of aromatic nitrogens is 1. The molecule has 0 aliphatic carbocycles. The van der Waals surface area contributed by atoms with Gasteiger partial charge in [-0.15, -0.1) is 0 Å². The number of pyridine rings is 1. The van der Waals surface area contributed by atoms with Gasteiger partial charge in [0.2, 0.25) is 0 Å². The van der Waals surface area contributed by atoms with Gasteiger partial charge in [0.15, 0.2) is 11.4 Å². The van der Waals surface area contributed by atoms with Crippen molar-refractivity contribution in [1.29, 1.82) is 0 Å². The molecule has 1 heterocycles. The Morgan fingerprint density at radius 1 is 1.11 bits per heavy atom. The minimum atomic E-state index is -0.578. The molecule has 1 aromatic heterocycles. The van der Waals surface area contributed by atoms with Gasteiger partial charge < -0.3 is 20.1 Å². The van der Waals surface area contributed by atoms with E-state index < -0.39 is 17.6 Å². The van der Waals surface area contributed by atoms with Crippen LogP contribution in [0.15, 0.2) is 42.6 Å². The molecule has 0 atom stereocenters. The highest BCUT2D eigenvalue weighted by Crippen LogP contribution is 2.22. The molecule has 2 aromatic rings. The van der Waals surface area contributed by atoms with E-state index in [0.29, 0.717) is 5.02 Å². The second-order valence-corrected chi connectivity index (χ2v) is 7.40. The van der Waals surface area contributed by atoms with Crippen molar-refractivity contribution in [2.75, 3.05) is 13.1 Å². The number of amides is 2. The SMILES string of the molecule is CC(C)(C)OC(=O)NCCNC(=O)c1ncc(Cl)cc1OCc1ccccc1. The fourth-order valence-corrected chi connectivity index (χ4v) is 2.32. The van der Waals surface area contributed by atoms with Crippen LogP contribution in [0.25, 0.3) is 0 Å². The maximum absolute atomic E-state index is 12.4. The predicted octanol–water partition coefficient (Wildman–Crippen LogP) is 3.57. The molecule has 2 rings (SSSR count). The molecule has 0 fully saturated rings. The Kier molecular flexibility index (Phi) is 7.63. The Morgan fingerprint density at radius 3 is 2.46 bits per heavy atom. The molecular formula is C20H24ClN3O4. The predicted molar refractivity (Wildman–Crippen MR) is 107 cm³/mol. The molecule has 2 amide bonds. The van der Waals surface area contributed by atoms with Gasteiger partial charge in [-0.05, 0) is 26.3 Å². The number of alkyl carbamates (subject to hydrolysis) is 1. The highest BCUT2D eigenvalue weighted by molar-refractivity contribution is 6.30. The van der Waals surface area contributed by atoms with Gasteiger partial charge in [-0.25, -0.2) is 9.78 Å². The molecule has 28 heavy (non-hydrogen) atoms. The van der Waals surface area contributed by atoms with Crippen LogP contribution < -0.4 is 15.4 Å². The van der Waals surface area contributed by atoms with Crippen molar-refractivity contribution >= 4 is 23.6 Å². The van der Waals surface area contributed by atoms with Gasteiger partial charge >= 0.3 is 6.09 Å². The normalized spacial score (nSPS) is 10.9. The Hall–Kier alpha value is -2.80. The number of nitrogens with zero attached hydrogens (tertiary/aromatic N) is 1. The van der Waals surface area contributed by atoms with Crippen molar-refractivity contribution in [3.8, 4) is 5.75 Å². The largest absolute Gasteiger partial charge is 0.486 e. The van der Waals surface area contributed by atoms with Gasteiger partial charge in [0.05, 0.1) is 5.02 Å². The average molecular weight is 406 g/mol. The van der Waals surface area contributed by atoms with Crippen molar-refractivity contribution < 1.29 is 19.1 Å². The third-order valence-electron chi connectivity index (χ3n) is 3.35. The average Bonchev–Trinajstić information content (AvgIpc) is 2.63. The monoisotopic (exact) mass is 405 g/mol. The molecule has 2 N–H and O–H groups in total. The number of nitrogens with one attached hydrogen (secondary N) is 2. The molecule has 8 heteroatoms. The molecule has 0 aliphatic rings. The van der Waals surface area contributed by atoms with Crippen LogP contribution in [0.4, 0.5) is 4.79 Å². The molecule has 0 radical (unpaired) electrons. The lowest BCUT2D eigenvalue weighted by atomic mass is 10.2. The summed E-state index contributed by atoms with van der Waals surface area (Å²) >= 11 is 5.98.